The van der Waals surface area contributed by atoms with E-state index in [-0.39, 0.29) is 11.4 Å². The van der Waals surface area contributed by atoms with Gasteiger partial charge in [-0.2, -0.15) is 0 Å². The van der Waals surface area contributed by atoms with Gasteiger partial charge in [-0.15, -0.1) is 0 Å². The van der Waals surface area contributed by atoms with E-state index in [1.165, 1.54) is 0 Å². The Labute approximate surface area is 148 Å². The van der Waals surface area contributed by atoms with Crippen LogP contribution in [0.4, 0.5) is 0 Å². The van der Waals surface area contributed by atoms with Gasteiger partial charge in [0.2, 0.25) is 5.91 Å². The third-order valence-electron chi connectivity index (χ3n) is 5.66. The quantitative estimate of drug-likeness (QED) is 0.855. The average molecular weight is 339 g/mol. The summed E-state index contributed by atoms with van der Waals surface area (Å²) in [6.07, 6.45) is 9.62. The van der Waals surface area contributed by atoms with E-state index < -0.39 is 0 Å². The van der Waals surface area contributed by atoms with Crippen LogP contribution < -0.4 is 0 Å². The lowest BCUT2D eigenvalue weighted by Crippen LogP contribution is -2.59. The maximum absolute atomic E-state index is 13.4. The molecular weight excluding hydrogens is 314 g/mol. The Balaban J connectivity index is 1.55. The predicted molar refractivity (Wildman–Crippen MR) is 94.5 cm³/mol. The van der Waals surface area contributed by atoms with E-state index in [2.05, 4.69) is 14.9 Å². The van der Waals surface area contributed by atoms with Crippen molar-refractivity contribution in [2.75, 3.05) is 13.1 Å². The number of pyridine rings is 1. The number of carbonyl (C=O) groups excluding carboxylic acids is 1. The Morgan fingerprint density at radius 2 is 1.92 bits per heavy atom. The second kappa shape index (κ2) is 6.59. The fraction of sp³-hybridized carbons (Fsp3) is 0.526. The smallest absolute Gasteiger partial charge is 0.243 e. The molecule has 1 unspecified atom stereocenters. The van der Waals surface area contributed by atoms with Crippen molar-refractivity contribution in [1.29, 1.82) is 0 Å². The SMILES string of the molecule is Cn1ccnc1CN1CCCC12CCCN(Cc1ccccn1)C2=O. The molecule has 2 aliphatic heterocycles. The Hall–Kier alpha value is -2.21. The van der Waals surface area contributed by atoms with Crippen molar-refractivity contribution in [3.05, 3.63) is 48.3 Å². The molecule has 0 aliphatic carbocycles. The van der Waals surface area contributed by atoms with Crippen molar-refractivity contribution in [2.45, 2.75) is 44.3 Å². The number of imidazole rings is 1. The van der Waals surface area contributed by atoms with E-state index >= 15 is 0 Å². The molecule has 1 amide bonds. The van der Waals surface area contributed by atoms with Crippen molar-refractivity contribution >= 4 is 5.91 Å². The Bertz CT molecular complexity index is 743. The number of piperidine rings is 1. The maximum Gasteiger partial charge on any atom is 0.243 e. The molecule has 4 rings (SSSR count). The average Bonchev–Trinajstić information content (AvgIpc) is 3.21. The molecule has 0 radical (unpaired) electrons. The minimum absolute atomic E-state index is 0.274. The maximum atomic E-state index is 13.4. The fourth-order valence-electron chi connectivity index (χ4n) is 4.31. The lowest BCUT2D eigenvalue weighted by Gasteiger charge is -2.44. The summed E-state index contributed by atoms with van der Waals surface area (Å²) in [5.74, 6) is 1.30. The molecule has 0 bridgehead atoms. The number of hydrogen-bond donors (Lipinski definition) is 0. The van der Waals surface area contributed by atoms with Crippen molar-refractivity contribution in [2.24, 2.45) is 7.05 Å². The molecule has 1 atom stereocenters. The van der Waals surface area contributed by atoms with Gasteiger partial charge in [0.1, 0.15) is 11.4 Å². The lowest BCUT2D eigenvalue weighted by molar-refractivity contribution is -0.148. The van der Waals surface area contributed by atoms with E-state index in [1.54, 1.807) is 6.20 Å². The van der Waals surface area contributed by atoms with Crippen molar-refractivity contribution in [3.63, 3.8) is 0 Å². The summed E-state index contributed by atoms with van der Waals surface area (Å²) < 4.78 is 2.05. The first-order valence-corrected chi connectivity index (χ1v) is 9.10. The van der Waals surface area contributed by atoms with Crippen LogP contribution in [0.1, 0.15) is 37.2 Å². The van der Waals surface area contributed by atoms with E-state index in [1.807, 2.05) is 47.1 Å². The van der Waals surface area contributed by atoms with Gasteiger partial charge in [-0.3, -0.25) is 14.7 Å². The molecule has 0 saturated carbocycles. The zero-order valence-corrected chi connectivity index (χ0v) is 14.8. The molecule has 25 heavy (non-hydrogen) atoms. The molecule has 2 aromatic heterocycles. The number of hydrogen-bond acceptors (Lipinski definition) is 4. The highest BCUT2D eigenvalue weighted by Gasteiger charge is 2.50. The van der Waals surface area contributed by atoms with Gasteiger partial charge in [-0.25, -0.2) is 4.98 Å². The summed E-state index contributed by atoms with van der Waals surface area (Å²) in [6.45, 7) is 3.15. The van der Waals surface area contributed by atoms with Crippen molar-refractivity contribution < 1.29 is 4.79 Å². The summed E-state index contributed by atoms with van der Waals surface area (Å²) >= 11 is 0. The third kappa shape index (κ3) is 2.95. The second-order valence-corrected chi connectivity index (χ2v) is 7.16. The van der Waals surface area contributed by atoms with Crippen molar-refractivity contribution in [1.82, 2.24) is 24.3 Å². The third-order valence-corrected chi connectivity index (χ3v) is 5.66. The summed E-state index contributed by atoms with van der Waals surface area (Å²) in [6, 6.07) is 5.89. The topological polar surface area (TPSA) is 54.3 Å². The van der Waals surface area contributed by atoms with Crippen LogP contribution in [0.3, 0.4) is 0 Å². The van der Waals surface area contributed by atoms with Crippen LogP contribution in [-0.4, -0.2) is 48.9 Å². The van der Waals surface area contributed by atoms with E-state index in [4.69, 9.17) is 0 Å². The molecule has 6 heteroatoms. The molecular formula is C19H25N5O. The summed E-state index contributed by atoms with van der Waals surface area (Å²) in [5, 5.41) is 0. The largest absolute Gasteiger partial charge is 0.337 e. The molecule has 2 fully saturated rings. The monoisotopic (exact) mass is 339 g/mol. The van der Waals surface area contributed by atoms with Crippen LogP contribution in [0.2, 0.25) is 0 Å². The minimum Gasteiger partial charge on any atom is -0.337 e. The number of aromatic nitrogens is 3. The lowest BCUT2D eigenvalue weighted by atomic mass is 9.85. The van der Waals surface area contributed by atoms with Gasteiger partial charge in [0.15, 0.2) is 0 Å². The summed E-state index contributed by atoms with van der Waals surface area (Å²) in [7, 11) is 2.02. The Kier molecular flexibility index (Phi) is 4.29. The van der Waals surface area contributed by atoms with Crippen LogP contribution in [0.5, 0.6) is 0 Å². The minimum atomic E-state index is -0.348. The molecule has 1 spiro atoms. The van der Waals surface area contributed by atoms with Crippen LogP contribution in [-0.2, 0) is 24.9 Å². The second-order valence-electron chi connectivity index (χ2n) is 7.16. The Morgan fingerprint density at radius 3 is 2.64 bits per heavy atom. The standard InChI is InChI=1S/C19H25N5O/c1-22-13-10-21-17(22)15-24-12-5-8-19(24)7-4-11-23(18(19)25)14-16-6-2-3-9-20-16/h2-3,6,9-10,13H,4-5,7-8,11-12,14-15H2,1H3. The van der Waals surface area contributed by atoms with E-state index in [9.17, 15) is 4.79 Å². The van der Waals surface area contributed by atoms with Gasteiger partial charge in [0, 0.05) is 32.2 Å². The molecule has 2 saturated heterocycles. The molecule has 0 N–H and O–H groups in total. The molecule has 2 aliphatic rings. The number of aryl methyl sites for hydroxylation is 1. The highest BCUT2D eigenvalue weighted by Crippen LogP contribution is 2.39. The summed E-state index contributed by atoms with van der Waals surface area (Å²) in [4.78, 5) is 26.6. The van der Waals surface area contributed by atoms with Crippen LogP contribution >= 0.6 is 0 Å². The van der Waals surface area contributed by atoms with Gasteiger partial charge in [0.05, 0.1) is 18.8 Å². The number of rotatable bonds is 4. The van der Waals surface area contributed by atoms with E-state index in [0.717, 1.165) is 56.8 Å². The number of likely N-dealkylation sites (tertiary alicyclic amines) is 2. The molecule has 2 aromatic rings. The molecule has 132 valence electrons. The van der Waals surface area contributed by atoms with Crippen LogP contribution in [0, 0.1) is 0 Å². The van der Waals surface area contributed by atoms with Gasteiger partial charge in [0.25, 0.3) is 0 Å². The fourth-order valence-corrected chi connectivity index (χ4v) is 4.31. The highest BCUT2D eigenvalue weighted by molar-refractivity contribution is 5.87. The first-order valence-electron chi connectivity index (χ1n) is 9.10. The van der Waals surface area contributed by atoms with Gasteiger partial charge in [-0.1, -0.05) is 6.07 Å². The van der Waals surface area contributed by atoms with Gasteiger partial charge < -0.3 is 9.47 Å². The first-order chi connectivity index (χ1) is 12.2. The summed E-state index contributed by atoms with van der Waals surface area (Å²) in [5.41, 5.74) is 0.612. The number of nitrogens with zero attached hydrogens (tertiary/aromatic N) is 5. The number of carbonyl (C=O) groups is 1. The normalized spacial score (nSPS) is 24.4. The predicted octanol–water partition coefficient (Wildman–Crippen LogP) is 1.97. The zero-order valence-electron chi connectivity index (χ0n) is 14.8. The van der Waals surface area contributed by atoms with Crippen LogP contribution in [0.15, 0.2) is 36.8 Å². The zero-order chi connectivity index (χ0) is 17.3. The molecule has 0 aromatic carbocycles. The first kappa shape index (κ1) is 16.3. The Morgan fingerprint density at radius 1 is 1.08 bits per heavy atom. The van der Waals surface area contributed by atoms with E-state index in [0.29, 0.717) is 6.54 Å². The number of amides is 1. The van der Waals surface area contributed by atoms with Crippen LogP contribution in [0.25, 0.3) is 0 Å². The van der Waals surface area contributed by atoms with Gasteiger partial charge >= 0.3 is 0 Å². The highest BCUT2D eigenvalue weighted by atomic mass is 16.2. The van der Waals surface area contributed by atoms with Crippen molar-refractivity contribution in [3.8, 4) is 0 Å². The molecule has 6 nitrogen and oxygen atoms in total. The molecule has 4 heterocycles. The van der Waals surface area contributed by atoms with Gasteiger partial charge in [-0.05, 0) is 44.4 Å².